The first-order valence-electron chi connectivity index (χ1n) is 7.32. The molecule has 0 unspecified atom stereocenters. The summed E-state index contributed by atoms with van der Waals surface area (Å²) in [6.07, 6.45) is 1.65. The molecule has 0 saturated carbocycles. The molecule has 2 aromatic carbocycles. The molecule has 0 aromatic heterocycles. The summed E-state index contributed by atoms with van der Waals surface area (Å²) < 4.78 is 5.58. The Morgan fingerprint density at radius 2 is 2.00 bits per heavy atom. The van der Waals surface area contributed by atoms with Gasteiger partial charge in [-0.15, -0.1) is 0 Å². The molecule has 0 radical (unpaired) electrons. The van der Waals surface area contributed by atoms with E-state index in [4.69, 9.17) is 4.74 Å². The molecule has 5 nitrogen and oxygen atoms in total. The van der Waals surface area contributed by atoms with E-state index in [1.165, 1.54) is 24.7 Å². The van der Waals surface area contributed by atoms with Gasteiger partial charge in [-0.25, -0.2) is 0 Å². The van der Waals surface area contributed by atoms with Crippen molar-refractivity contribution in [1.82, 2.24) is 5.32 Å². The van der Waals surface area contributed by atoms with Gasteiger partial charge in [0, 0.05) is 7.05 Å². The molecule has 2 rings (SSSR count). The minimum absolute atomic E-state index is 0.0224. The quantitative estimate of drug-likeness (QED) is 0.804. The maximum Gasteiger partial charge on any atom is 0.254 e. The molecule has 0 aliphatic rings. The fraction of sp³-hybridized carbons (Fsp3) is 0.222. The number of phenols is 1. The van der Waals surface area contributed by atoms with Gasteiger partial charge in [-0.1, -0.05) is 30.3 Å². The van der Waals surface area contributed by atoms with Crippen LogP contribution in [0.1, 0.15) is 27.9 Å². The van der Waals surface area contributed by atoms with Crippen LogP contribution < -0.4 is 10.1 Å². The van der Waals surface area contributed by atoms with Crippen LogP contribution >= 0.6 is 0 Å². The highest BCUT2D eigenvalue weighted by atomic mass is 16.5. The van der Waals surface area contributed by atoms with Crippen molar-refractivity contribution in [3.8, 4) is 17.6 Å². The lowest BCUT2D eigenvalue weighted by Crippen LogP contribution is -2.18. The third kappa shape index (κ3) is 4.01. The van der Waals surface area contributed by atoms with Crippen molar-refractivity contribution >= 4 is 5.91 Å². The number of hydrogen-bond acceptors (Lipinski definition) is 4. The standard InChI is InChI=1S/C18H18N2O3/c1-20-18(22)14-9-10-16(15(12-19)17(14)21)23-11-5-8-13-6-3-2-4-7-13/h2-4,6-7,9-10,21H,5,8,11H2,1H3,(H,20,22). The summed E-state index contributed by atoms with van der Waals surface area (Å²) in [6, 6.07) is 14.9. The third-order valence-corrected chi connectivity index (χ3v) is 3.43. The average molecular weight is 310 g/mol. The van der Waals surface area contributed by atoms with Crippen molar-refractivity contribution in [2.75, 3.05) is 13.7 Å². The summed E-state index contributed by atoms with van der Waals surface area (Å²) in [5.74, 6) is -0.521. The van der Waals surface area contributed by atoms with Gasteiger partial charge in [0.2, 0.25) is 0 Å². The molecule has 0 bridgehead atoms. The highest BCUT2D eigenvalue weighted by Crippen LogP contribution is 2.30. The number of nitriles is 1. The number of ether oxygens (including phenoxy) is 1. The number of amides is 1. The van der Waals surface area contributed by atoms with E-state index < -0.39 is 5.91 Å². The zero-order valence-electron chi connectivity index (χ0n) is 12.9. The minimum Gasteiger partial charge on any atom is -0.506 e. The summed E-state index contributed by atoms with van der Waals surface area (Å²) in [4.78, 5) is 11.6. The molecule has 0 fully saturated rings. The van der Waals surface area contributed by atoms with Gasteiger partial charge in [-0.3, -0.25) is 4.79 Å². The van der Waals surface area contributed by atoms with Crippen molar-refractivity contribution in [1.29, 1.82) is 5.26 Å². The van der Waals surface area contributed by atoms with E-state index in [9.17, 15) is 15.2 Å². The van der Waals surface area contributed by atoms with Gasteiger partial charge in [0.1, 0.15) is 23.1 Å². The lowest BCUT2D eigenvalue weighted by molar-refractivity contribution is 0.0960. The molecule has 2 N–H and O–H groups in total. The Bertz CT molecular complexity index is 721. The average Bonchev–Trinajstić information content (AvgIpc) is 2.59. The number of aryl methyl sites for hydroxylation is 1. The van der Waals surface area contributed by atoms with Crippen LogP contribution in [-0.4, -0.2) is 24.7 Å². The molecule has 0 spiro atoms. The predicted octanol–water partition coefficient (Wildman–Crippen LogP) is 2.64. The summed E-state index contributed by atoms with van der Waals surface area (Å²) in [7, 11) is 1.46. The Hall–Kier alpha value is -3.00. The Kier molecular flexibility index (Phi) is 5.59. The predicted molar refractivity (Wildman–Crippen MR) is 86.5 cm³/mol. The Balaban J connectivity index is 2.01. The van der Waals surface area contributed by atoms with E-state index in [0.717, 1.165) is 12.8 Å². The van der Waals surface area contributed by atoms with Crippen LogP contribution in [0.2, 0.25) is 0 Å². The van der Waals surface area contributed by atoms with Gasteiger partial charge in [0.25, 0.3) is 5.91 Å². The highest BCUT2D eigenvalue weighted by molar-refractivity contribution is 5.97. The van der Waals surface area contributed by atoms with E-state index in [1.54, 1.807) is 0 Å². The number of carbonyl (C=O) groups is 1. The summed E-state index contributed by atoms with van der Waals surface area (Å²) >= 11 is 0. The van der Waals surface area contributed by atoms with Gasteiger partial charge in [0.15, 0.2) is 0 Å². The number of benzene rings is 2. The maximum atomic E-state index is 11.6. The smallest absolute Gasteiger partial charge is 0.254 e. The van der Waals surface area contributed by atoms with Crippen molar-refractivity contribution in [3.63, 3.8) is 0 Å². The van der Waals surface area contributed by atoms with Crippen LogP contribution in [0, 0.1) is 11.3 Å². The molecule has 0 saturated heterocycles. The molecule has 1 amide bonds. The van der Waals surface area contributed by atoms with Gasteiger partial charge < -0.3 is 15.2 Å². The third-order valence-electron chi connectivity index (χ3n) is 3.43. The van der Waals surface area contributed by atoms with Gasteiger partial charge >= 0.3 is 0 Å². The monoisotopic (exact) mass is 310 g/mol. The van der Waals surface area contributed by atoms with Crippen molar-refractivity contribution in [2.24, 2.45) is 0 Å². The van der Waals surface area contributed by atoms with Crippen LogP contribution in [0.25, 0.3) is 0 Å². The molecular weight excluding hydrogens is 292 g/mol. The van der Waals surface area contributed by atoms with E-state index >= 15 is 0 Å². The number of hydrogen-bond donors (Lipinski definition) is 2. The molecule has 2 aromatic rings. The molecule has 118 valence electrons. The van der Waals surface area contributed by atoms with Crippen LogP contribution in [0.3, 0.4) is 0 Å². The molecule has 5 heteroatoms. The fourth-order valence-electron chi connectivity index (χ4n) is 2.22. The number of nitrogens with zero attached hydrogens (tertiary/aromatic N) is 1. The second-order valence-electron chi connectivity index (χ2n) is 4.96. The number of nitrogens with one attached hydrogen (secondary N) is 1. The van der Waals surface area contributed by atoms with Crippen molar-refractivity contribution < 1.29 is 14.6 Å². The summed E-state index contributed by atoms with van der Waals surface area (Å²) in [5.41, 5.74) is 1.25. The van der Waals surface area contributed by atoms with E-state index in [0.29, 0.717) is 6.61 Å². The Morgan fingerprint density at radius 1 is 1.26 bits per heavy atom. The minimum atomic E-state index is -0.449. The van der Waals surface area contributed by atoms with Gasteiger partial charge in [0.05, 0.1) is 12.2 Å². The highest BCUT2D eigenvalue weighted by Gasteiger charge is 2.17. The molecule has 23 heavy (non-hydrogen) atoms. The van der Waals surface area contributed by atoms with Gasteiger partial charge in [-0.05, 0) is 30.5 Å². The van der Waals surface area contributed by atoms with Crippen LogP contribution in [-0.2, 0) is 6.42 Å². The van der Waals surface area contributed by atoms with Gasteiger partial charge in [-0.2, -0.15) is 5.26 Å². The van der Waals surface area contributed by atoms with Crippen LogP contribution in [0.15, 0.2) is 42.5 Å². The molecule has 0 aliphatic carbocycles. The first-order chi connectivity index (χ1) is 11.2. The maximum absolute atomic E-state index is 11.6. The topological polar surface area (TPSA) is 82.3 Å². The SMILES string of the molecule is CNC(=O)c1ccc(OCCCc2ccccc2)c(C#N)c1O. The second kappa shape index (κ2) is 7.85. The Labute approximate surface area is 135 Å². The largest absolute Gasteiger partial charge is 0.506 e. The molecule has 0 atom stereocenters. The number of carbonyl (C=O) groups excluding carboxylic acids is 1. The Morgan fingerprint density at radius 3 is 2.65 bits per heavy atom. The lowest BCUT2D eigenvalue weighted by atomic mass is 10.1. The summed E-state index contributed by atoms with van der Waals surface area (Å²) in [6.45, 7) is 0.419. The zero-order valence-corrected chi connectivity index (χ0v) is 12.9. The van der Waals surface area contributed by atoms with E-state index in [2.05, 4.69) is 5.32 Å². The van der Waals surface area contributed by atoms with Crippen molar-refractivity contribution in [2.45, 2.75) is 12.8 Å². The molecule has 0 aliphatic heterocycles. The first-order valence-corrected chi connectivity index (χ1v) is 7.32. The number of aromatic hydroxyl groups is 1. The number of phenolic OH excluding ortho intramolecular Hbond substituents is 1. The molecule has 0 heterocycles. The number of rotatable bonds is 6. The van der Waals surface area contributed by atoms with E-state index in [1.807, 2.05) is 36.4 Å². The zero-order chi connectivity index (χ0) is 16.7. The van der Waals surface area contributed by atoms with Crippen LogP contribution in [0.4, 0.5) is 0 Å². The molecular formula is C18H18N2O3. The fourth-order valence-corrected chi connectivity index (χ4v) is 2.22. The summed E-state index contributed by atoms with van der Waals surface area (Å²) in [5, 5.41) is 21.6. The van der Waals surface area contributed by atoms with E-state index in [-0.39, 0.29) is 22.6 Å². The second-order valence-corrected chi connectivity index (χ2v) is 4.96. The normalized spacial score (nSPS) is 9.91. The first kappa shape index (κ1) is 16.4. The van der Waals surface area contributed by atoms with Crippen molar-refractivity contribution in [3.05, 3.63) is 59.2 Å². The van der Waals surface area contributed by atoms with Crippen LogP contribution in [0.5, 0.6) is 11.5 Å². The lowest BCUT2D eigenvalue weighted by Gasteiger charge is -2.11.